The molecule has 0 amide bonds. The fourth-order valence-electron chi connectivity index (χ4n) is 0.438. The van der Waals surface area contributed by atoms with Gasteiger partial charge in [0.15, 0.2) is 0 Å². The lowest BCUT2D eigenvalue weighted by Crippen LogP contribution is -2.16. The molecule has 0 heterocycles. The van der Waals surface area contributed by atoms with Crippen LogP contribution in [0.4, 0.5) is 0 Å². The summed E-state index contributed by atoms with van der Waals surface area (Å²) in [5.41, 5.74) is 0. The summed E-state index contributed by atoms with van der Waals surface area (Å²) in [6.07, 6.45) is 3.05. The Morgan fingerprint density at radius 1 is 1.70 bits per heavy atom. The molecular formula is C7H13NO2. The summed E-state index contributed by atoms with van der Waals surface area (Å²) < 4.78 is 4.73. The number of hydrogen-bond donors (Lipinski definition) is 1. The molecule has 58 valence electrons. The molecular weight excluding hydrogens is 130 g/mol. The van der Waals surface area contributed by atoms with Gasteiger partial charge in [0.05, 0.1) is 0 Å². The molecule has 0 spiro atoms. The Hall–Kier alpha value is -0.830. The van der Waals surface area contributed by atoms with Crippen LogP contribution in [0.3, 0.4) is 0 Å². The lowest BCUT2D eigenvalue weighted by atomic mass is 10.5. The van der Waals surface area contributed by atoms with E-state index >= 15 is 0 Å². The van der Waals surface area contributed by atoms with Gasteiger partial charge in [0.25, 0.3) is 0 Å². The number of carbonyl (C=O) groups is 1. The van der Waals surface area contributed by atoms with Gasteiger partial charge in [-0.2, -0.15) is 0 Å². The molecule has 0 atom stereocenters. The largest absolute Gasteiger partial charge is 0.461 e. The summed E-state index contributed by atoms with van der Waals surface area (Å²) >= 11 is 0. The molecule has 1 N–H and O–H groups in total. The molecule has 0 aromatic heterocycles. The monoisotopic (exact) mass is 143 g/mol. The van der Waals surface area contributed by atoms with Crippen LogP contribution in [0, 0.1) is 0 Å². The fourth-order valence-corrected chi connectivity index (χ4v) is 0.438. The topological polar surface area (TPSA) is 38.3 Å². The maximum atomic E-state index is 10.6. The molecule has 10 heavy (non-hydrogen) atoms. The van der Waals surface area contributed by atoms with Crippen molar-refractivity contribution in [1.82, 2.24) is 5.32 Å². The molecule has 0 aromatic carbocycles. The summed E-state index contributed by atoms with van der Waals surface area (Å²) in [5, 5.41) is 2.86. The van der Waals surface area contributed by atoms with Crippen molar-refractivity contribution >= 4 is 5.97 Å². The van der Waals surface area contributed by atoms with Crippen molar-refractivity contribution in [2.24, 2.45) is 0 Å². The van der Waals surface area contributed by atoms with Gasteiger partial charge >= 0.3 is 5.97 Å². The Balaban J connectivity index is 3.22. The highest BCUT2D eigenvalue weighted by Crippen LogP contribution is 1.79. The smallest absolute Gasteiger partial charge is 0.330 e. The zero-order valence-electron chi connectivity index (χ0n) is 6.39. The van der Waals surface area contributed by atoms with Crippen molar-refractivity contribution in [1.29, 1.82) is 0 Å². The van der Waals surface area contributed by atoms with Crippen LogP contribution in [-0.2, 0) is 9.53 Å². The average molecular weight is 143 g/mol. The predicted molar refractivity (Wildman–Crippen MR) is 39.7 cm³/mol. The Kier molecular flexibility index (Phi) is 5.77. The highest BCUT2D eigenvalue weighted by Gasteiger charge is 1.92. The molecule has 0 aromatic rings. The number of allylic oxidation sites excluding steroid dienone is 1. The molecule has 0 aliphatic heterocycles. The first kappa shape index (κ1) is 9.17. The number of ether oxygens (including phenoxy) is 1. The summed E-state index contributed by atoms with van der Waals surface area (Å²) in [7, 11) is 1.81. The van der Waals surface area contributed by atoms with Crippen LogP contribution in [0.25, 0.3) is 0 Å². The Morgan fingerprint density at radius 3 is 2.90 bits per heavy atom. The Labute approximate surface area is 61.1 Å². The number of likely N-dealkylation sites (N-methyl/N-ethyl adjacent to an activating group) is 1. The molecule has 0 rings (SSSR count). The van der Waals surface area contributed by atoms with E-state index in [0.717, 1.165) is 0 Å². The van der Waals surface area contributed by atoms with E-state index in [9.17, 15) is 4.79 Å². The fraction of sp³-hybridized carbons (Fsp3) is 0.571. The van der Waals surface area contributed by atoms with Crippen LogP contribution >= 0.6 is 0 Å². The highest BCUT2D eigenvalue weighted by molar-refractivity contribution is 5.81. The molecule has 0 aliphatic carbocycles. The Morgan fingerprint density at radius 2 is 2.40 bits per heavy atom. The van der Waals surface area contributed by atoms with Crippen LogP contribution < -0.4 is 5.32 Å². The second kappa shape index (κ2) is 6.29. The third-order valence-corrected chi connectivity index (χ3v) is 0.899. The first-order valence-corrected chi connectivity index (χ1v) is 3.25. The van der Waals surface area contributed by atoms with Crippen molar-refractivity contribution in [3.63, 3.8) is 0 Å². The van der Waals surface area contributed by atoms with Gasteiger partial charge in [0, 0.05) is 12.6 Å². The zero-order valence-corrected chi connectivity index (χ0v) is 6.39. The van der Waals surface area contributed by atoms with E-state index < -0.39 is 0 Å². The number of carbonyl (C=O) groups excluding carboxylic acids is 1. The van der Waals surface area contributed by atoms with E-state index in [1.165, 1.54) is 6.08 Å². The number of rotatable bonds is 4. The van der Waals surface area contributed by atoms with E-state index in [2.05, 4.69) is 5.32 Å². The zero-order chi connectivity index (χ0) is 7.82. The molecule has 0 saturated carbocycles. The SMILES string of the molecule is CC=CC(=O)OCCNC. The van der Waals surface area contributed by atoms with E-state index in [0.29, 0.717) is 13.2 Å². The van der Waals surface area contributed by atoms with E-state index in [-0.39, 0.29) is 5.97 Å². The highest BCUT2D eigenvalue weighted by atomic mass is 16.5. The van der Waals surface area contributed by atoms with Gasteiger partial charge in [-0.25, -0.2) is 4.79 Å². The predicted octanol–water partition coefficient (Wildman–Crippen LogP) is 0.325. The van der Waals surface area contributed by atoms with Crippen LogP contribution in [0.1, 0.15) is 6.92 Å². The van der Waals surface area contributed by atoms with Gasteiger partial charge in [0.1, 0.15) is 6.61 Å². The number of nitrogens with one attached hydrogen (secondary N) is 1. The molecule has 0 aliphatic rings. The van der Waals surface area contributed by atoms with E-state index in [4.69, 9.17) is 4.74 Å². The quantitative estimate of drug-likeness (QED) is 0.350. The number of esters is 1. The van der Waals surface area contributed by atoms with Crippen molar-refractivity contribution in [2.45, 2.75) is 6.92 Å². The third-order valence-electron chi connectivity index (χ3n) is 0.899. The molecule has 3 nitrogen and oxygen atoms in total. The first-order chi connectivity index (χ1) is 4.81. The van der Waals surface area contributed by atoms with Crippen LogP contribution in [0.2, 0.25) is 0 Å². The number of hydrogen-bond acceptors (Lipinski definition) is 3. The molecule has 3 heteroatoms. The second-order valence-electron chi connectivity index (χ2n) is 1.77. The van der Waals surface area contributed by atoms with Crippen molar-refractivity contribution in [3.05, 3.63) is 12.2 Å². The van der Waals surface area contributed by atoms with Crippen molar-refractivity contribution in [2.75, 3.05) is 20.2 Å². The maximum absolute atomic E-state index is 10.6. The lowest BCUT2D eigenvalue weighted by Gasteiger charge is -1.98. The summed E-state index contributed by atoms with van der Waals surface area (Å²) in [6, 6.07) is 0. The molecule has 0 saturated heterocycles. The van der Waals surface area contributed by atoms with Gasteiger partial charge in [-0.15, -0.1) is 0 Å². The maximum Gasteiger partial charge on any atom is 0.330 e. The molecule has 0 radical (unpaired) electrons. The van der Waals surface area contributed by atoms with Crippen molar-refractivity contribution in [3.8, 4) is 0 Å². The van der Waals surface area contributed by atoms with E-state index in [1.54, 1.807) is 13.0 Å². The minimum absolute atomic E-state index is 0.280. The van der Waals surface area contributed by atoms with Gasteiger partial charge < -0.3 is 10.1 Å². The standard InChI is InChI=1S/C7H13NO2/c1-3-4-7(9)10-6-5-8-2/h3-4,8H,5-6H2,1-2H3. The Bertz CT molecular complexity index is 121. The van der Waals surface area contributed by atoms with E-state index in [1.807, 2.05) is 7.05 Å². The van der Waals surface area contributed by atoms with Crippen LogP contribution in [0.15, 0.2) is 12.2 Å². The summed E-state index contributed by atoms with van der Waals surface area (Å²) in [4.78, 5) is 10.6. The summed E-state index contributed by atoms with van der Waals surface area (Å²) in [5.74, 6) is -0.280. The summed E-state index contributed by atoms with van der Waals surface area (Å²) in [6.45, 7) is 2.91. The van der Waals surface area contributed by atoms with Gasteiger partial charge in [-0.05, 0) is 14.0 Å². The van der Waals surface area contributed by atoms with Gasteiger partial charge in [-0.3, -0.25) is 0 Å². The molecule has 0 fully saturated rings. The average Bonchev–Trinajstić information content (AvgIpc) is 1.89. The molecule has 0 unspecified atom stereocenters. The molecule has 0 bridgehead atoms. The van der Waals surface area contributed by atoms with Crippen LogP contribution in [-0.4, -0.2) is 26.2 Å². The third kappa shape index (κ3) is 5.31. The first-order valence-electron chi connectivity index (χ1n) is 3.25. The van der Waals surface area contributed by atoms with Crippen LogP contribution in [0.5, 0.6) is 0 Å². The van der Waals surface area contributed by atoms with Crippen molar-refractivity contribution < 1.29 is 9.53 Å². The normalized spacial score (nSPS) is 10.2. The lowest BCUT2D eigenvalue weighted by molar-refractivity contribution is -0.137. The van der Waals surface area contributed by atoms with Gasteiger partial charge in [-0.1, -0.05) is 6.08 Å². The van der Waals surface area contributed by atoms with Gasteiger partial charge in [0.2, 0.25) is 0 Å². The minimum Gasteiger partial charge on any atom is -0.461 e. The second-order valence-corrected chi connectivity index (χ2v) is 1.77. The minimum atomic E-state index is -0.280.